The Morgan fingerprint density at radius 3 is 2.16 bits per heavy atom. The molecule has 0 unspecified atom stereocenters. The van der Waals surface area contributed by atoms with Crippen LogP contribution in [0.2, 0.25) is 0 Å². The number of benzene rings is 2. The maximum atomic E-state index is 13.4. The first kappa shape index (κ1) is 20.2. The SMILES string of the molecule is CC(=O)N(c1ccc(F)cc1)N1CCC2(CCN(c3ccc(C4CC4)cc3)C2=O)CC1. The van der Waals surface area contributed by atoms with Crippen LogP contribution in [0.4, 0.5) is 15.8 Å². The molecule has 3 fully saturated rings. The van der Waals surface area contributed by atoms with Crippen LogP contribution in [0, 0.1) is 11.2 Å². The van der Waals surface area contributed by atoms with E-state index in [0.29, 0.717) is 37.5 Å². The molecule has 162 valence electrons. The molecule has 0 N–H and O–H groups in total. The molecule has 2 aromatic rings. The minimum absolute atomic E-state index is 0.113. The van der Waals surface area contributed by atoms with Gasteiger partial charge in [-0.3, -0.25) is 9.59 Å². The van der Waals surface area contributed by atoms with E-state index in [1.54, 1.807) is 17.1 Å². The first-order valence-electron chi connectivity index (χ1n) is 11.2. The molecular weight excluding hydrogens is 393 g/mol. The van der Waals surface area contributed by atoms with Crippen LogP contribution < -0.4 is 9.91 Å². The fourth-order valence-electron chi connectivity index (χ4n) is 5.12. The van der Waals surface area contributed by atoms with E-state index in [1.165, 1.54) is 37.5 Å². The summed E-state index contributed by atoms with van der Waals surface area (Å²) in [5, 5.41) is 3.60. The normalized spacial score (nSPS) is 21.0. The molecule has 5 nitrogen and oxygen atoms in total. The summed E-state index contributed by atoms with van der Waals surface area (Å²) in [5.41, 5.74) is 2.67. The molecule has 2 heterocycles. The molecule has 2 amide bonds. The Bertz CT molecular complexity index is 977. The van der Waals surface area contributed by atoms with Crippen LogP contribution in [0.25, 0.3) is 0 Å². The van der Waals surface area contributed by atoms with Crippen molar-refractivity contribution in [3.63, 3.8) is 0 Å². The summed E-state index contributed by atoms with van der Waals surface area (Å²) < 4.78 is 13.3. The van der Waals surface area contributed by atoms with Crippen LogP contribution in [-0.4, -0.2) is 36.5 Å². The van der Waals surface area contributed by atoms with Crippen LogP contribution in [0.3, 0.4) is 0 Å². The lowest BCUT2D eigenvalue weighted by atomic mass is 9.77. The third-order valence-electron chi connectivity index (χ3n) is 7.12. The van der Waals surface area contributed by atoms with Gasteiger partial charge in [-0.1, -0.05) is 12.1 Å². The molecule has 5 rings (SSSR count). The van der Waals surface area contributed by atoms with Gasteiger partial charge in [0.1, 0.15) is 5.82 Å². The minimum atomic E-state index is -0.350. The van der Waals surface area contributed by atoms with Crippen LogP contribution in [-0.2, 0) is 9.59 Å². The molecule has 0 aromatic heterocycles. The van der Waals surface area contributed by atoms with Gasteiger partial charge >= 0.3 is 0 Å². The molecule has 1 spiro atoms. The van der Waals surface area contributed by atoms with Gasteiger partial charge in [0, 0.05) is 32.2 Å². The zero-order valence-electron chi connectivity index (χ0n) is 17.9. The van der Waals surface area contributed by atoms with Crippen molar-refractivity contribution in [1.29, 1.82) is 0 Å². The number of carbonyl (C=O) groups excluding carboxylic acids is 2. The second-order valence-corrected chi connectivity index (χ2v) is 9.11. The third-order valence-corrected chi connectivity index (χ3v) is 7.12. The minimum Gasteiger partial charge on any atom is -0.312 e. The number of hydrogen-bond donors (Lipinski definition) is 0. The molecule has 31 heavy (non-hydrogen) atoms. The molecule has 6 heteroatoms. The lowest BCUT2D eigenvalue weighted by Gasteiger charge is -2.42. The number of halogens is 1. The second kappa shape index (κ2) is 7.75. The highest BCUT2D eigenvalue weighted by molar-refractivity contribution is 6.00. The summed E-state index contributed by atoms with van der Waals surface area (Å²) >= 11 is 0. The Hall–Kier alpha value is -2.73. The zero-order valence-corrected chi connectivity index (χ0v) is 17.9. The summed E-state index contributed by atoms with van der Waals surface area (Å²) in [7, 11) is 0. The zero-order chi connectivity index (χ0) is 21.6. The van der Waals surface area contributed by atoms with Gasteiger partial charge in [-0.15, -0.1) is 0 Å². The van der Waals surface area contributed by atoms with Crippen molar-refractivity contribution >= 4 is 23.2 Å². The Morgan fingerprint density at radius 1 is 0.968 bits per heavy atom. The molecule has 1 saturated carbocycles. The van der Waals surface area contributed by atoms with Gasteiger partial charge in [0.15, 0.2) is 0 Å². The number of nitrogens with zero attached hydrogens (tertiary/aromatic N) is 3. The van der Waals surface area contributed by atoms with Crippen molar-refractivity contribution in [1.82, 2.24) is 5.01 Å². The fraction of sp³-hybridized carbons (Fsp3) is 0.440. The van der Waals surface area contributed by atoms with E-state index in [9.17, 15) is 14.0 Å². The van der Waals surface area contributed by atoms with E-state index >= 15 is 0 Å². The number of anilines is 2. The molecule has 2 saturated heterocycles. The fourth-order valence-corrected chi connectivity index (χ4v) is 5.12. The Balaban J connectivity index is 1.28. The maximum Gasteiger partial charge on any atom is 0.238 e. The smallest absolute Gasteiger partial charge is 0.238 e. The summed E-state index contributed by atoms with van der Waals surface area (Å²) in [4.78, 5) is 27.7. The Morgan fingerprint density at radius 2 is 1.58 bits per heavy atom. The molecule has 2 aliphatic heterocycles. The summed E-state index contributed by atoms with van der Waals surface area (Å²) in [6, 6.07) is 14.5. The van der Waals surface area contributed by atoms with E-state index in [0.717, 1.165) is 18.7 Å². The molecule has 2 aromatic carbocycles. The topological polar surface area (TPSA) is 43.9 Å². The number of hydrazine groups is 1. The van der Waals surface area contributed by atoms with Crippen molar-refractivity contribution in [2.45, 2.75) is 44.9 Å². The summed E-state index contributed by atoms with van der Waals surface area (Å²) in [6.45, 7) is 3.51. The first-order chi connectivity index (χ1) is 15.0. The van der Waals surface area contributed by atoms with E-state index in [-0.39, 0.29) is 23.0 Å². The number of hydrogen-bond acceptors (Lipinski definition) is 3. The van der Waals surface area contributed by atoms with Gasteiger partial charge in [-0.05, 0) is 80.0 Å². The predicted molar refractivity (Wildman–Crippen MR) is 118 cm³/mol. The first-order valence-corrected chi connectivity index (χ1v) is 11.2. The van der Waals surface area contributed by atoms with Gasteiger partial charge in [0.25, 0.3) is 0 Å². The molecular formula is C25H28FN3O2. The van der Waals surface area contributed by atoms with E-state index in [2.05, 4.69) is 24.3 Å². The highest BCUT2D eigenvalue weighted by atomic mass is 19.1. The lowest BCUT2D eigenvalue weighted by Crippen LogP contribution is -2.53. The summed E-state index contributed by atoms with van der Waals surface area (Å²) in [6.07, 6.45) is 4.83. The Labute approximate surface area is 182 Å². The van der Waals surface area contributed by atoms with Crippen molar-refractivity contribution < 1.29 is 14.0 Å². The molecule has 3 aliphatic rings. The average Bonchev–Trinajstić information content (AvgIpc) is 3.57. The number of piperidine rings is 1. The van der Waals surface area contributed by atoms with Crippen molar-refractivity contribution in [2.75, 3.05) is 29.5 Å². The van der Waals surface area contributed by atoms with Crippen molar-refractivity contribution in [2.24, 2.45) is 5.41 Å². The van der Waals surface area contributed by atoms with E-state index in [1.807, 2.05) is 9.91 Å². The Kier molecular flexibility index (Phi) is 5.05. The van der Waals surface area contributed by atoms with Crippen molar-refractivity contribution in [3.8, 4) is 0 Å². The van der Waals surface area contributed by atoms with Crippen LogP contribution in [0.5, 0.6) is 0 Å². The average molecular weight is 422 g/mol. The monoisotopic (exact) mass is 421 g/mol. The van der Waals surface area contributed by atoms with Crippen LogP contribution in [0.1, 0.15) is 50.5 Å². The lowest BCUT2D eigenvalue weighted by molar-refractivity contribution is -0.128. The van der Waals surface area contributed by atoms with Gasteiger partial charge in [-0.25, -0.2) is 14.4 Å². The van der Waals surface area contributed by atoms with Gasteiger partial charge in [-0.2, -0.15) is 0 Å². The number of amides is 2. The van der Waals surface area contributed by atoms with Gasteiger partial charge in [0.2, 0.25) is 11.8 Å². The molecule has 0 atom stereocenters. The van der Waals surface area contributed by atoms with Crippen LogP contribution in [0.15, 0.2) is 48.5 Å². The predicted octanol–water partition coefficient (Wildman–Crippen LogP) is 4.49. The van der Waals surface area contributed by atoms with Gasteiger partial charge < -0.3 is 4.90 Å². The highest BCUT2D eigenvalue weighted by Crippen LogP contribution is 2.45. The van der Waals surface area contributed by atoms with E-state index in [4.69, 9.17) is 0 Å². The standard InChI is InChI=1S/C25H28FN3O2/c1-18(30)29(23-10-6-21(26)7-11-23)27-15-12-25(13-16-27)14-17-28(24(25)31)22-8-4-20(5-9-22)19-2-3-19/h4-11,19H,2-3,12-17H2,1H3. The summed E-state index contributed by atoms with van der Waals surface area (Å²) in [5.74, 6) is 0.483. The van der Waals surface area contributed by atoms with Crippen molar-refractivity contribution in [3.05, 3.63) is 59.9 Å². The second-order valence-electron chi connectivity index (χ2n) is 9.11. The number of carbonyl (C=O) groups is 2. The quantitative estimate of drug-likeness (QED) is 0.731. The third kappa shape index (κ3) is 3.74. The molecule has 1 aliphatic carbocycles. The molecule has 0 bridgehead atoms. The van der Waals surface area contributed by atoms with E-state index < -0.39 is 0 Å². The van der Waals surface area contributed by atoms with Gasteiger partial charge in [0.05, 0.1) is 11.1 Å². The van der Waals surface area contributed by atoms with Crippen LogP contribution >= 0.6 is 0 Å². The highest BCUT2D eigenvalue weighted by Gasteiger charge is 2.49. The molecule has 0 radical (unpaired) electrons. The largest absolute Gasteiger partial charge is 0.312 e. The number of rotatable bonds is 4. The maximum absolute atomic E-state index is 13.4.